The Labute approximate surface area is 106 Å². The second-order valence-corrected chi connectivity index (χ2v) is 4.71. The van der Waals surface area contributed by atoms with Crippen LogP contribution in [0.4, 0.5) is 5.69 Å². The first-order valence-corrected chi connectivity index (χ1v) is 6.73. The smallest absolute Gasteiger partial charge is 0.0363 e. The molecule has 0 saturated heterocycles. The SMILES string of the molecule is CCNC(C)CCCCN(C)c1ccccc1. The molecule has 1 aromatic carbocycles. The van der Waals surface area contributed by atoms with Gasteiger partial charge >= 0.3 is 0 Å². The van der Waals surface area contributed by atoms with Crippen molar-refractivity contribution in [3.05, 3.63) is 30.3 Å². The minimum absolute atomic E-state index is 0.655. The molecule has 96 valence electrons. The number of hydrogen-bond donors (Lipinski definition) is 1. The van der Waals surface area contributed by atoms with Crippen LogP contribution in [0.5, 0.6) is 0 Å². The molecule has 0 aliphatic rings. The van der Waals surface area contributed by atoms with Crippen molar-refractivity contribution >= 4 is 5.69 Å². The van der Waals surface area contributed by atoms with Crippen molar-refractivity contribution in [1.82, 2.24) is 5.32 Å². The molecule has 0 radical (unpaired) electrons. The summed E-state index contributed by atoms with van der Waals surface area (Å²) < 4.78 is 0. The fraction of sp³-hybridized carbons (Fsp3) is 0.600. The minimum Gasteiger partial charge on any atom is -0.375 e. The molecule has 0 aliphatic heterocycles. The van der Waals surface area contributed by atoms with Crippen LogP contribution in [0.3, 0.4) is 0 Å². The number of anilines is 1. The normalized spacial score (nSPS) is 12.4. The van der Waals surface area contributed by atoms with Crippen LogP contribution >= 0.6 is 0 Å². The van der Waals surface area contributed by atoms with Crippen molar-refractivity contribution in [2.45, 2.75) is 39.2 Å². The number of hydrogen-bond acceptors (Lipinski definition) is 2. The van der Waals surface area contributed by atoms with Gasteiger partial charge in [0.2, 0.25) is 0 Å². The van der Waals surface area contributed by atoms with E-state index in [2.05, 4.69) is 61.4 Å². The molecule has 17 heavy (non-hydrogen) atoms. The zero-order valence-corrected chi connectivity index (χ0v) is 11.4. The molecule has 1 rings (SSSR count). The van der Waals surface area contributed by atoms with Crippen LogP contribution in [0, 0.1) is 0 Å². The molecular formula is C15H26N2. The van der Waals surface area contributed by atoms with E-state index in [4.69, 9.17) is 0 Å². The number of benzene rings is 1. The number of unbranched alkanes of at least 4 members (excludes halogenated alkanes) is 1. The van der Waals surface area contributed by atoms with Gasteiger partial charge < -0.3 is 10.2 Å². The van der Waals surface area contributed by atoms with Crippen LogP contribution in [0.15, 0.2) is 30.3 Å². The van der Waals surface area contributed by atoms with Gasteiger partial charge in [0.25, 0.3) is 0 Å². The molecule has 1 unspecified atom stereocenters. The van der Waals surface area contributed by atoms with E-state index >= 15 is 0 Å². The molecule has 0 amide bonds. The maximum absolute atomic E-state index is 3.45. The summed E-state index contributed by atoms with van der Waals surface area (Å²) in [5.41, 5.74) is 1.31. The van der Waals surface area contributed by atoms with Crippen LogP contribution in [0.1, 0.15) is 33.1 Å². The second kappa shape index (κ2) is 8.13. The highest BCUT2D eigenvalue weighted by molar-refractivity contribution is 5.44. The highest BCUT2D eigenvalue weighted by atomic mass is 15.1. The van der Waals surface area contributed by atoms with Crippen molar-refractivity contribution in [2.75, 3.05) is 25.0 Å². The van der Waals surface area contributed by atoms with E-state index in [1.54, 1.807) is 0 Å². The summed E-state index contributed by atoms with van der Waals surface area (Å²) in [6.07, 6.45) is 3.84. The molecule has 2 nitrogen and oxygen atoms in total. The number of para-hydroxylation sites is 1. The highest BCUT2D eigenvalue weighted by Gasteiger charge is 2.01. The summed E-state index contributed by atoms with van der Waals surface area (Å²) in [4.78, 5) is 2.33. The lowest BCUT2D eigenvalue weighted by Crippen LogP contribution is -2.25. The first-order valence-electron chi connectivity index (χ1n) is 6.73. The molecule has 1 aromatic rings. The van der Waals surface area contributed by atoms with Gasteiger partial charge in [0.05, 0.1) is 0 Å². The predicted molar refractivity (Wildman–Crippen MR) is 76.7 cm³/mol. The minimum atomic E-state index is 0.655. The van der Waals surface area contributed by atoms with E-state index in [0.717, 1.165) is 13.1 Å². The highest BCUT2D eigenvalue weighted by Crippen LogP contribution is 2.12. The Kier molecular flexibility index (Phi) is 6.71. The molecule has 0 heterocycles. The van der Waals surface area contributed by atoms with Crippen LogP contribution < -0.4 is 10.2 Å². The fourth-order valence-corrected chi connectivity index (χ4v) is 2.06. The summed E-state index contributed by atoms with van der Waals surface area (Å²) >= 11 is 0. The van der Waals surface area contributed by atoms with E-state index in [9.17, 15) is 0 Å². The molecule has 0 spiro atoms. The van der Waals surface area contributed by atoms with Crippen molar-refractivity contribution in [3.63, 3.8) is 0 Å². The molecular weight excluding hydrogens is 208 g/mol. The number of nitrogens with zero attached hydrogens (tertiary/aromatic N) is 1. The Morgan fingerprint density at radius 1 is 1.18 bits per heavy atom. The Morgan fingerprint density at radius 2 is 1.88 bits per heavy atom. The lowest BCUT2D eigenvalue weighted by Gasteiger charge is -2.19. The van der Waals surface area contributed by atoms with Crippen LogP contribution in [0.2, 0.25) is 0 Å². The van der Waals surface area contributed by atoms with Crippen molar-refractivity contribution in [1.29, 1.82) is 0 Å². The number of nitrogens with one attached hydrogen (secondary N) is 1. The largest absolute Gasteiger partial charge is 0.375 e. The molecule has 1 N–H and O–H groups in total. The molecule has 0 fully saturated rings. The summed E-state index contributed by atoms with van der Waals surface area (Å²) in [7, 11) is 2.17. The van der Waals surface area contributed by atoms with Gasteiger partial charge in [-0.15, -0.1) is 0 Å². The third-order valence-corrected chi connectivity index (χ3v) is 3.13. The summed E-state index contributed by atoms with van der Waals surface area (Å²) in [6, 6.07) is 11.2. The monoisotopic (exact) mass is 234 g/mol. The molecule has 2 heteroatoms. The van der Waals surface area contributed by atoms with E-state index in [1.165, 1.54) is 24.9 Å². The maximum atomic E-state index is 3.45. The lowest BCUT2D eigenvalue weighted by molar-refractivity contribution is 0.503. The van der Waals surface area contributed by atoms with E-state index < -0.39 is 0 Å². The van der Waals surface area contributed by atoms with Gasteiger partial charge in [0.15, 0.2) is 0 Å². The Bertz CT molecular complexity index is 284. The molecule has 0 aromatic heterocycles. The van der Waals surface area contributed by atoms with Crippen molar-refractivity contribution in [3.8, 4) is 0 Å². The average Bonchev–Trinajstić information content (AvgIpc) is 2.36. The van der Waals surface area contributed by atoms with Crippen LogP contribution in [0.25, 0.3) is 0 Å². The predicted octanol–water partition coefficient (Wildman–Crippen LogP) is 3.29. The van der Waals surface area contributed by atoms with Crippen LogP contribution in [-0.2, 0) is 0 Å². The molecule has 1 atom stereocenters. The Hall–Kier alpha value is -1.02. The fourth-order valence-electron chi connectivity index (χ4n) is 2.06. The second-order valence-electron chi connectivity index (χ2n) is 4.71. The van der Waals surface area contributed by atoms with Gasteiger partial charge in [-0.1, -0.05) is 31.5 Å². The van der Waals surface area contributed by atoms with Gasteiger partial charge in [0, 0.05) is 25.3 Å². The summed E-state index contributed by atoms with van der Waals surface area (Å²) in [6.45, 7) is 6.65. The van der Waals surface area contributed by atoms with Gasteiger partial charge in [-0.3, -0.25) is 0 Å². The third kappa shape index (κ3) is 5.73. The molecule has 0 saturated carbocycles. The summed E-state index contributed by atoms with van der Waals surface area (Å²) in [5.74, 6) is 0. The lowest BCUT2D eigenvalue weighted by atomic mass is 10.1. The maximum Gasteiger partial charge on any atom is 0.0363 e. The Morgan fingerprint density at radius 3 is 2.53 bits per heavy atom. The first kappa shape index (κ1) is 14.0. The third-order valence-electron chi connectivity index (χ3n) is 3.13. The van der Waals surface area contributed by atoms with E-state index in [1.807, 2.05) is 0 Å². The zero-order valence-electron chi connectivity index (χ0n) is 11.4. The topological polar surface area (TPSA) is 15.3 Å². The average molecular weight is 234 g/mol. The van der Waals surface area contributed by atoms with Gasteiger partial charge in [0.1, 0.15) is 0 Å². The van der Waals surface area contributed by atoms with Crippen molar-refractivity contribution < 1.29 is 0 Å². The van der Waals surface area contributed by atoms with Gasteiger partial charge in [-0.05, 0) is 38.4 Å². The van der Waals surface area contributed by atoms with Crippen molar-refractivity contribution in [2.24, 2.45) is 0 Å². The van der Waals surface area contributed by atoms with Gasteiger partial charge in [-0.25, -0.2) is 0 Å². The first-order chi connectivity index (χ1) is 8.24. The molecule has 0 bridgehead atoms. The van der Waals surface area contributed by atoms with E-state index in [-0.39, 0.29) is 0 Å². The quantitative estimate of drug-likeness (QED) is 0.694. The summed E-state index contributed by atoms with van der Waals surface area (Å²) in [5, 5.41) is 3.45. The molecule has 0 aliphatic carbocycles. The standard InChI is InChI=1S/C15H26N2/c1-4-16-14(2)10-8-9-13-17(3)15-11-6-5-7-12-15/h5-7,11-12,14,16H,4,8-10,13H2,1-3H3. The number of rotatable bonds is 8. The van der Waals surface area contributed by atoms with Gasteiger partial charge in [-0.2, -0.15) is 0 Å². The zero-order chi connectivity index (χ0) is 12.5. The van der Waals surface area contributed by atoms with E-state index in [0.29, 0.717) is 6.04 Å². The van der Waals surface area contributed by atoms with Crippen LogP contribution in [-0.4, -0.2) is 26.2 Å². The Balaban J connectivity index is 2.14.